The minimum atomic E-state index is -0.608. The molecule has 0 bridgehead atoms. The van der Waals surface area contributed by atoms with E-state index in [-0.39, 0.29) is 36.9 Å². The Morgan fingerprint density at radius 1 is 1.05 bits per heavy atom. The number of likely N-dealkylation sites (N-methyl/N-ethyl adjacent to an activating group) is 1. The minimum absolute atomic E-state index is 0.0492. The van der Waals surface area contributed by atoms with Crippen LogP contribution in [0, 0.1) is 5.92 Å². The molecule has 236 valence electrons. The van der Waals surface area contributed by atoms with Gasteiger partial charge in [0.15, 0.2) is 0 Å². The van der Waals surface area contributed by atoms with Gasteiger partial charge in [-0.05, 0) is 64.2 Å². The zero-order valence-electron chi connectivity index (χ0n) is 26.9. The molecule has 0 saturated carbocycles. The number of carbonyl (C=O) groups is 4. The molecule has 9 heteroatoms. The highest BCUT2D eigenvalue weighted by Crippen LogP contribution is 2.23. The van der Waals surface area contributed by atoms with Crippen molar-refractivity contribution in [3.63, 3.8) is 0 Å². The summed E-state index contributed by atoms with van der Waals surface area (Å²) < 4.78 is 5.46. The molecular formula is C33H54N4O5. The normalized spacial score (nSPS) is 17.7. The van der Waals surface area contributed by atoms with Crippen molar-refractivity contribution < 1.29 is 23.9 Å². The Morgan fingerprint density at radius 2 is 1.67 bits per heavy atom. The number of amides is 3. The topological polar surface area (TPSA) is 99.3 Å². The van der Waals surface area contributed by atoms with Gasteiger partial charge in [-0.15, -0.1) is 0 Å². The van der Waals surface area contributed by atoms with Crippen LogP contribution in [0.2, 0.25) is 0 Å². The fraction of sp³-hybridized carbons (Fsp3) is 0.636. The van der Waals surface area contributed by atoms with Crippen LogP contribution >= 0.6 is 0 Å². The van der Waals surface area contributed by atoms with E-state index in [1.54, 1.807) is 24.9 Å². The van der Waals surface area contributed by atoms with Crippen molar-refractivity contribution >= 4 is 24.2 Å². The molecule has 3 amide bonds. The van der Waals surface area contributed by atoms with Crippen LogP contribution in [-0.4, -0.2) is 91.3 Å². The largest absolute Gasteiger partial charge is 0.459 e. The lowest BCUT2D eigenvalue weighted by Gasteiger charge is -2.30. The first-order valence-corrected chi connectivity index (χ1v) is 15.4. The third-order valence-corrected chi connectivity index (χ3v) is 7.21. The summed E-state index contributed by atoms with van der Waals surface area (Å²) in [6.07, 6.45) is 9.06. The van der Waals surface area contributed by atoms with Crippen LogP contribution in [0.15, 0.2) is 42.0 Å². The number of carbonyl (C=O) groups excluding carboxylic acids is 4. The number of ether oxygens (including phenoxy) is 1. The van der Waals surface area contributed by atoms with Gasteiger partial charge in [0.25, 0.3) is 0 Å². The van der Waals surface area contributed by atoms with E-state index in [2.05, 4.69) is 31.1 Å². The molecule has 1 unspecified atom stereocenters. The van der Waals surface area contributed by atoms with Crippen LogP contribution in [0.25, 0.3) is 0 Å². The van der Waals surface area contributed by atoms with E-state index in [1.807, 2.05) is 44.2 Å². The lowest BCUT2D eigenvalue weighted by molar-refractivity contribution is -0.153. The minimum Gasteiger partial charge on any atom is -0.459 e. The fourth-order valence-electron chi connectivity index (χ4n) is 4.86. The average Bonchev–Trinajstić information content (AvgIpc) is 3.48. The van der Waals surface area contributed by atoms with E-state index in [9.17, 15) is 19.2 Å². The number of rotatable bonds is 10. The Morgan fingerprint density at radius 3 is 2.19 bits per heavy atom. The molecule has 0 radical (unpaired) electrons. The van der Waals surface area contributed by atoms with Crippen molar-refractivity contribution in [3.05, 3.63) is 47.5 Å². The number of piperidine rings is 1. The lowest BCUT2D eigenvalue weighted by atomic mass is 9.99. The first kappa shape index (κ1) is 36.8. The number of benzene rings is 1. The molecule has 1 aromatic carbocycles. The van der Waals surface area contributed by atoms with Crippen molar-refractivity contribution in [3.8, 4) is 0 Å². The number of nitrogens with zero attached hydrogens (tertiary/aromatic N) is 3. The van der Waals surface area contributed by atoms with Gasteiger partial charge in [0.1, 0.15) is 12.6 Å². The summed E-state index contributed by atoms with van der Waals surface area (Å²) in [5.41, 5.74) is 1.36. The molecule has 0 aliphatic carbocycles. The van der Waals surface area contributed by atoms with Crippen molar-refractivity contribution in [2.24, 2.45) is 5.92 Å². The molecule has 0 spiro atoms. The summed E-state index contributed by atoms with van der Waals surface area (Å²) in [6, 6.07) is 8.48. The van der Waals surface area contributed by atoms with Crippen molar-refractivity contribution in [1.29, 1.82) is 0 Å². The van der Waals surface area contributed by atoms with Crippen LogP contribution in [0.3, 0.4) is 0 Å². The second-order valence-corrected chi connectivity index (χ2v) is 11.4. The molecule has 9 nitrogen and oxygen atoms in total. The predicted octanol–water partition coefficient (Wildman–Crippen LogP) is 4.41. The average molecular weight is 587 g/mol. The van der Waals surface area contributed by atoms with E-state index >= 15 is 0 Å². The highest BCUT2D eigenvalue weighted by molar-refractivity contribution is 5.96. The Bertz CT molecular complexity index is 976. The fourth-order valence-corrected chi connectivity index (χ4v) is 4.86. The van der Waals surface area contributed by atoms with Gasteiger partial charge in [-0.3, -0.25) is 14.4 Å². The SMILES string of the molecule is C/C(=C\[C@H](C(C)C)N(C)C(=O)CNC=O)C(=O)N1CCCC1C(=O)OCc1ccccc1.CCC.CN1CCCCC1. The standard InChI is InChI=1S/C24H33N3O5.C6H13N.C3H8/c1-17(2)21(26(4)22(29)14-25-16-28)13-18(3)23(30)27-12-8-11-20(27)24(31)32-15-19-9-6-5-7-10-19;1-7-5-3-2-4-6-7;1-3-2/h5-7,9-10,13,16-17,20-21H,8,11-12,14-15H2,1-4H3,(H,25,28);2-6H2,1H3;3H2,1-2H3/b18-13+;;/t20?,21-;;/m1../s1. The summed E-state index contributed by atoms with van der Waals surface area (Å²) in [4.78, 5) is 54.1. The maximum atomic E-state index is 13.1. The number of hydrogen-bond acceptors (Lipinski definition) is 6. The Labute approximate surface area is 253 Å². The molecule has 0 aromatic heterocycles. The molecule has 2 aliphatic heterocycles. The van der Waals surface area contributed by atoms with Gasteiger partial charge in [-0.1, -0.05) is 76.9 Å². The van der Waals surface area contributed by atoms with E-state index in [1.165, 1.54) is 43.7 Å². The van der Waals surface area contributed by atoms with Crippen LogP contribution in [0.1, 0.15) is 78.7 Å². The molecule has 2 atom stereocenters. The van der Waals surface area contributed by atoms with Gasteiger partial charge in [0.2, 0.25) is 18.2 Å². The van der Waals surface area contributed by atoms with Gasteiger partial charge >= 0.3 is 5.97 Å². The van der Waals surface area contributed by atoms with Gasteiger partial charge in [-0.2, -0.15) is 0 Å². The summed E-state index contributed by atoms with van der Waals surface area (Å²) in [5, 5.41) is 2.37. The number of nitrogens with one attached hydrogen (secondary N) is 1. The number of likely N-dealkylation sites (tertiary alicyclic amines) is 2. The molecule has 1 aromatic rings. The van der Waals surface area contributed by atoms with E-state index in [0.29, 0.717) is 24.9 Å². The van der Waals surface area contributed by atoms with Crippen molar-refractivity contribution in [2.45, 2.75) is 91.8 Å². The highest BCUT2D eigenvalue weighted by atomic mass is 16.5. The summed E-state index contributed by atoms with van der Waals surface area (Å²) in [5.74, 6) is -0.842. The molecule has 3 rings (SSSR count). The van der Waals surface area contributed by atoms with E-state index < -0.39 is 12.0 Å². The van der Waals surface area contributed by atoms with Crippen LogP contribution < -0.4 is 5.32 Å². The summed E-state index contributed by atoms with van der Waals surface area (Å²) in [6.45, 7) is 13.0. The summed E-state index contributed by atoms with van der Waals surface area (Å²) in [7, 11) is 3.84. The van der Waals surface area contributed by atoms with E-state index in [4.69, 9.17) is 4.74 Å². The molecular weight excluding hydrogens is 532 g/mol. The van der Waals surface area contributed by atoms with Crippen molar-refractivity contribution in [2.75, 3.05) is 40.3 Å². The quantitative estimate of drug-likeness (QED) is 0.248. The van der Waals surface area contributed by atoms with Crippen LogP contribution in [-0.2, 0) is 30.5 Å². The lowest BCUT2D eigenvalue weighted by Crippen LogP contribution is -2.44. The van der Waals surface area contributed by atoms with Gasteiger partial charge in [-0.25, -0.2) is 4.79 Å². The van der Waals surface area contributed by atoms with Gasteiger partial charge in [0, 0.05) is 19.2 Å². The first-order valence-electron chi connectivity index (χ1n) is 15.4. The second-order valence-electron chi connectivity index (χ2n) is 11.4. The Kier molecular flexibility index (Phi) is 18.1. The third kappa shape index (κ3) is 13.2. The van der Waals surface area contributed by atoms with Gasteiger partial charge in [0.05, 0.1) is 12.6 Å². The van der Waals surface area contributed by atoms with Gasteiger partial charge < -0.3 is 24.8 Å². The molecule has 1 N–H and O–H groups in total. The van der Waals surface area contributed by atoms with E-state index in [0.717, 1.165) is 12.0 Å². The zero-order valence-corrected chi connectivity index (χ0v) is 26.9. The Balaban J connectivity index is 0.000000746. The molecule has 2 fully saturated rings. The van der Waals surface area contributed by atoms with Crippen LogP contribution in [0.5, 0.6) is 0 Å². The smallest absolute Gasteiger partial charge is 0.329 e. The molecule has 2 heterocycles. The first-order chi connectivity index (χ1) is 20.1. The zero-order chi connectivity index (χ0) is 31.5. The summed E-state index contributed by atoms with van der Waals surface area (Å²) >= 11 is 0. The molecule has 2 saturated heterocycles. The maximum Gasteiger partial charge on any atom is 0.329 e. The van der Waals surface area contributed by atoms with Crippen molar-refractivity contribution in [1.82, 2.24) is 20.0 Å². The second kappa shape index (κ2) is 20.6. The predicted molar refractivity (Wildman–Crippen MR) is 168 cm³/mol. The maximum absolute atomic E-state index is 13.1. The Hall–Kier alpha value is -3.20. The number of esters is 1. The third-order valence-electron chi connectivity index (χ3n) is 7.21. The number of hydrogen-bond donors (Lipinski definition) is 1. The highest BCUT2D eigenvalue weighted by Gasteiger charge is 2.36. The monoisotopic (exact) mass is 586 g/mol. The molecule has 42 heavy (non-hydrogen) atoms. The molecule has 2 aliphatic rings. The van der Waals surface area contributed by atoms with Crippen LogP contribution in [0.4, 0.5) is 0 Å².